The van der Waals surface area contributed by atoms with E-state index in [2.05, 4.69) is 35.1 Å². The van der Waals surface area contributed by atoms with E-state index in [0.717, 1.165) is 49.6 Å². The van der Waals surface area contributed by atoms with Crippen molar-refractivity contribution in [1.29, 1.82) is 0 Å². The van der Waals surface area contributed by atoms with Crippen LogP contribution in [0, 0.1) is 11.8 Å². The number of unbranched alkanes of at least 4 members (excludes halogenated alkanes) is 9. The van der Waals surface area contributed by atoms with Crippen molar-refractivity contribution >= 4 is 24.4 Å². The highest BCUT2D eigenvalue weighted by Gasteiger charge is 2.27. The van der Waals surface area contributed by atoms with Gasteiger partial charge >= 0.3 is 12.2 Å². The minimum atomic E-state index is -0.813. The van der Waals surface area contributed by atoms with Gasteiger partial charge in [-0.25, -0.2) is 9.59 Å². The van der Waals surface area contributed by atoms with Crippen molar-refractivity contribution in [1.82, 2.24) is 21.3 Å². The molecule has 0 aliphatic heterocycles. The van der Waals surface area contributed by atoms with Crippen LogP contribution in [0.5, 0.6) is 0 Å². The largest absolute Gasteiger partial charge is 0.445 e. The lowest BCUT2D eigenvalue weighted by Gasteiger charge is -2.24. The standard InChI is InChI=1S/C38H58N4O6/c1-30(2)34(27-43)39-24-18-10-8-6-4-5-7-9-11-19-25-40-35(36(44)42-38(46)48-29-33-22-16-13-17-23-33)31(3)26-41-37(45)47-28-32-20-14-12-15-21-32/h12-17,20-23,27,30-31,34-35,39-40H,4-11,18-19,24-26,28-29H2,1-3H3,(H,41,45)(H,42,44,46)/t31?,34-,35+/m1/s1. The molecule has 0 saturated carbocycles. The third-order valence-electron chi connectivity index (χ3n) is 8.28. The van der Waals surface area contributed by atoms with E-state index in [1.54, 1.807) is 0 Å². The minimum absolute atomic E-state index is 0.0428. The van der Waals surface area contributed by atoms with Gasteiger partial charge in [-0.1, -0.05) is 133 Å². The molecule has 1 unspecified atom stereocenters. The van der Waals surface area contributed by atoms with Crippen LogP contribution >= 0.6 is 0 Å². The Bertz CT molecular complexity index is 1160. The third kappa shape index (κ3) is 18.5. The van der Waals surface area contributed by atoms with Gasteiger partial charge in [0, 0.05) is 6.54 Å². The number of rotatable bonds is 25. The van der Waals surface area contributed by atoms with Gasteiger partial charge in [-0.3, -0.25) is 10.1 Å². The molecule has 2 aromatic rings. The number of amides is 3. The van der Waals surface area contributed by atoms with Crippen LogP contribution < -0.4 is 21.3 Å². The van der Waals surface area contributed by atoms with Gasteiger partial charge in [0.2, 0.25) is 5.91 Å². The second-order valence-electron chi connectivity index (χ2n) is 12.8. The van der Waals surface area contributed by atoms with E-state index < -0.39 is 24.1 Å². The zero-order chi connectivity index (χ0) is 34.8. The maximum Gasteiger partial charge on any atom is 0.414 e. The molecule has 0 aromatic heterocycles. The first-order chi connectivity index (χ1) is 23.3. The number of alkyl carbamates (subject to hydrolysis) is 2. The van der Waals surface area contributed by atoms with Crippen molar-refractivity contribution < 1.29 is 28.7 Å². The molecule has 0 aliphatic carbocycles. The molecule has 0 saturated heterocycles. The molecule has 48 heavy (non-hydrogen) atoms. The summed E-state index contributed by atoms with van der Waals surface area (Å²) in [6.45, 7) is 7.85. The fourth-order valence-corrected chi connectivity index (χ4v) is 5.26. The molecular weight excluding hydrogens is 608 g/mol. The predicted molar refractivity (Wildman–Crippen MR) is 189 cm³/mol. The fraction of sp³-hybridized carbons (Fsp3) is 0.579. The zero-order valence-electron chi connectivity index (χ0n) is 29.2. The number of ether oxygens (including phenoxy) is 2. The summed E-state index contributed by atoms with van der Waals surface area (Å²) < 4.78 is 10.5. The summed E-state index contributed by atoms with van der Waals surface area (Å²) >= 11 is 0. The molecule has 0 heterocycles. The maximum absolute atomic E-state index is 13.1. The molecule has 0 fully saturated rings. The number of hydrogen-bond donors (Lipinski definition) is 4. The third-order valence-corrected chi connectivity index (χ3v) is 8.28. The maximum atomic E-state index is 13.1. The van der Waals surface area contributed by atoms with Crippen molar-refractivity contribution in [2.24, 2.45) is 11.8 Å². The molecule has 10 heteroatoms. The Morgan fingerprint density at radius 3 is 1.58 bits per heavy atom. The molecule has 2 rings (SSSR count). The van der Waals surface area contributed by atoms with Gasteiger partial charge in [0.05, 0.1) is 12.1 Å². The summed E-state index contributed by atoms with van der Waals surface area (Å²) in [5, 5.41) is 11.7. The molecule has 10 nitrogen and oxygen atoms in total. The number of carbonyl (C=O) groups excluding carboxylic acids is 4. The molecule has 0 bridgehead atoms. The number of benzene rings is 2. The average Bonchev–Trinajstić information content (AvgIpc) is 3.09. The predicted octanol–water partition coefficient (Wildman–Crippen LogP) is 6.67. The number of aldehydes is 1. The highest BCUT2D eigenvalue weighted by Crippen LogP contribution is 2.11. The van der Waals surface area contributed by atoms with Crippen LogP contribution in [0.4, 0.5) is 9.59 Å². The lowest BCUT2D eigenvalue weighted by Crippen LogP contribution is -2.52. The normalized spacial score (nSPS) is 12.9. The van der Waals surface area contributed by atoms with Crippen LogP contribution in [0.1, 0.15) is 96.1 Å². The molecule has 0 aliphatic rings. The Labute approximate surface area is 287 Å². The lowest BCUT2D eigenvalue weighted by atomic mass is 10.0. The van der Waals surface area contributed by atoms with Gasteiger partial charge in [0.25, 0.3) is 0 Å². The van der Waals surface area contributed by atoms with E-state index >= 15 is 0 Å². The van der Waals surface area contributed by atoms with Gasteiger partial charge in [-0.2, -0.15) is 0 Å². The minimum Gasteiger partial charge on any atom is -0.445 e. The van der Waals surface area contributed by atoms with Crippen LogP contribution in [0.15, 0.2) is 60.7 Å². The molecule has 2 aromatic carbocycles. The first-order valence-corrected chi connectivity index (χ1v) is 17.7. The first-order valence-electron chi connectivity index (χ1n) is 17.7. The van der Waals surface area contributed by atoms with Crippen LogP contribution in [-0.2, 0) is 32.3 Å². The Kier molecular flexibility index (Phi) is 21.3. The molecule has 3 amide bonds. The molecule has 0 radical (unpaired) electrons. The Balaban J connectivity index is 1.67. The topological polar surface area (TPSA) is 135 Å². The molecule has 0 spiro atoms. The second kappa shape index (κ2) is 25.3. The highest BCUT2D eigenvalue weighted by atomic mass is 16.6. The number of nitrogens with one attached hydrogen (secondary N) is 4. The van der Waals surface area contributed by atoms with E-state index in [0.29, 0.717) is 12.5 Å². The zero-order valence-corrected chi connectivity index (χ0v) is 29.2. The Morgan fingerprint density at radius 2 is 1.10 bits per heavy atom. The van der Waals surface area contributed by atoms with Gasteiger partial charge in [-0.15, -0.1) is 0 Å². The number of hydrogen-bond acceptors (Lipinski definition) is 8. The summed E-state index contributed by atoms with van der Waals surface area (Å²) in [6.07, 6.45) is 11.1. The molecule has 3 atom stereocenters. The highest BCUT2D eigenvalue weighted by molar-refractivity contribution is 5.95. The number of imide groups is 1. The smallest absolute Gasteiger partial charge is 0.414 e. The molecule has 266 valence electrons. The van der Waals surface area contributed by atoms with E-state index in [9.17, 15) is 19.2 Å². The van der Waals surface area contributed by atoms with Crippen molar-refractivity contribution in [2.75, 3.05) is 19.6 Å². The van der Waals surface area contributed by atoms with Crippen molar-refractivity contribution in [2.45, 2.75) is 110 Å². The first kappa shape index (κ1) is 40.4. The van der Waals surface area contributed by atoms with Crippen molar-refractivity contribution in [3.63, 3.8) is 0 Å². The van der Waals surface area contributed by atoms with Gasteiger partial charge in [0.15, 0.2) is 0 Å². The summed E-state index contributed by atoms with van der Waals surface area (Å²) in [5.41, 5.74) is 1.70. The van der Waals surface area contributed by atoms with Gasteiger partial charge in [-0.05, 0) is 48.9 Å². The Morgan fingerprint density at radius 1 is 0.646 bits per heavy atom. The lowest BCUT2D eigenvalue weighted by molar-refractivity contribution is -0.123. The summed E-state index contributed by atoms with van der Waals surface area (Å²) in [7, 11) is 0. The monoisotopic (exact) mass is 666 g/mol. The van der Waals surface area contributed by atoms with Gasteiger partial charge < -0.3 is 30.2 Å². The van der Waals surface area contributed by atoms with E-state index in [-0.39, 0.29) is 31.7 Å². The van der Waals surface area contributed by atoms with E-state index in [1.165, 1.54) is 38.5 Å². The number of carbonyl (C=O) groups is 4. The van der Waals surface area contributed by atoms with Gasteiger partial charge in [0.1, 0.15) is 19.5 Å². The summed E-state index contributed by atoms with van der Waals surface area (Å²) in [6, 6.07) is 17.9. The van der Waals surface area contributed by atoms with Crippen LogP contribution in [0.25, 0.3) is 0 Å². The van der Waals surface area contributed by atoms with Crippen LogP contribution in [0.3, 0.4) is 0 Å². The second-order valence-corrected chi connectivity index (χ2v) is 12.8. The molecule has 4 N–H and O–H groups in total. The van der Waals surface area contributed by atoms with Crippen molar-refractivity contribution in [3.05, 3.63) is 71.8 Å². The summed E-state index contributed by atoms with van der Waals surface area (Å²) in [4.78, 5) is 48.9. The van der Waals surface area contributed by atoms with Crippen LogP contribution in [-0.4, -0.2) is 56.1 Å². The molecular formula is C38H58N4O6. The Hall–Kier alpha value is -3.76. The van der Waals surface area contributed by atoms with Crippen molar-refractivity contribution in [3.8, 4) is 0 Å². The van der Waals surface area contributed by atoms with E-state index in [4.69, 9.17) is 9.47 Å². The van der Waals surface area contributed by atoms with Crippen LogP contribution in [0.2, 0.25) is 0 Å². The average molecular weight is 667 g/mol. The fourth-order valence-electron chi connectivity index (χ4n) is 5.26. The summed E-state index contributed by atoms with van der Waals surface area (Å²) in [5.74, 6) is -0.498. The quantitative estimate of drug-likeness (QED) is 0.0682. The SMILES string of the molecule is CC(CNC(=O)OCc1ccccc1)[C@H](NCCCCCCCCCCCCN[C@H](C=O)C(C)C)C(=O)NC(=O)OCc1ccccc1. The van der Waals surface area contributed by atoms with E-state index in [1.807, 2.05) is 67.6 Å².